The summed E-state index contributed by atoms with van der Waals surface area (Å²) in [5.41, 5.74) is 5.71. The van der Waals surface area contributed by atoms with Gasteiger partial charge in [0.1, 0.15) is 11.0 Å². The molecule has 2 saturated heterocycles. The highest BCUT2D eigenvalue weighted by molar-refractivity contribution is 7.98. The van der Waals surface area contributed by atoms with E-state index in [2.05, 4.69) is 81.2 Å². The molecule has 3 heterocycles. The van der Waals surface area contributed by atoms with E-state index in [4.69, 9.17) is 16.6 Å². The Morgan fingerprint density at radius 1 is 0.767 bits per heavy atom. The van der Waals surface area contributed by atoms with Crippen molar-refractivity contribution in [2.75, 3.05) is 62.2 Å². The minimum atomic E-state index is 0.0929. The highest BCUT2D eigenvalue weighted by Gasteiger charge is 2.23. The van der Waals surface area contributed by atoms with Crippen molar-refractivity contribution >= 4 is 40.8 Å². The SMILES string of the molecule is Cc1ccccc1N1CCN(C(=O)c2ccc(CSc3nc(Cl)cc(N4CCN(Cc5ccccc5)CC4)n3)cc2)CC1. The Labute approximate surface area is 263 Å². The van der Waals surface area contributed by atoms with Crippen LogP contribution in [0.4, 0.5) is 11.5 Å². The van der Waals surface area contributed by atoms with Crippen LogP contribution >= 0.6 is 23.4 Å². The van der Waals surface area contributed by atoms with Crippen LogP contribution < -0.4 is 9.80 Å². The van der Waals surface area contributed by atoms with Crippen molar-refractivity contribution in [1.29, 1.82) is 0 Å². The van der Waals surface area contributed by atoms with Crippen molar-refractivity contribution in [3.8, 4) is 0 Å². The predicted octanol–water partition coefficient (Wildman–Crippen LogP) is 6.02. The average Bonchev–Trinajstić information content (AvgIpc) is 3.05. The standard InChI is InChI=1S/C34H37ClN6OS/c1-26-7-5-6-10-30(26)39-19-21-41(22-20-39)33(42)29-13-11-28(12-14-29)25-43-34-36-31(35)23-32(37-34)40-17-15-38(16-18-40)24-27-8-3-2-4-9-27/h2-14,23H,15-22,24-25H2,1H3. The van der Waals surface area contributed by atoms with Gasteiger partial charge in [-0.25, -0.2) is 9.97 Å². The Hall–Kier alpha value is -3.59. The number of piperazine rings is 2. The van der Waals surface area contributed by atoms with Crippen molar-refractivity contribution in [2.24, 2.45) is 0 Å². The first-order valence-electron chi connectivity index (χ1n) is 14.9. The second kappa shape index (κ2) is 13.8. The van der Waals surface area contributed by atoms with Crippen LogP contribution in [-0.2, 0) is 12.3 Å². The summed E-state index contributed by atoms with van der Waals surface area (Å²) >= 11 is 7.99. The molecule has 222 valence electrons. The van der Waals surface area contributed by atoms with Crippen LogP contribution in [0.5, 0.6) is 0 Å². The number of hydrogen-bond acceptors (Lipinski definition) is 7. The third-order valence-corrected chi connectivity index (χ3v) is 9.31. The number of amides is 1. The van der Waals surface area contributed by atoms with Gasteiger partial charge in [-0.3, -0.25) is 9.69 Å². The van der Waals surface area contributed by atoms with Crippen LogP contribution in [0, 0.1) is 6.92 Å². The highest BCUT2D eigenvalue weighted by atomic mass is 35.5. The normalized spacial score (nSPS) is 16.0. The molecule has 0 bridgehead atoms. The van der Waals surface area contributed by atoms with Crippen molar-refractivity contribution < 1.29 is 4.79 Å². The number of thioether (sulfide) groups is 1. The van der Waals surface area contributed by atoms with Crippen LogP contribution in [-0.4, -0.2) is 78.0 Å². The van der Waals surface area contributed by atoms with E-state index in [1.54, 1.807) is 11.8 Å². The fourth-order valence-electron chi connectivity index (χ4n) is 5.73. The smallest absolute Gasteiger partial charge is 0.253 e. The molecule has 0 spiro atoms. The number of carbonyl (C=O) groups is 1. The van der Waals surface area contributed by atoms with Crippen LogP contribution in [0.3, 0.4) is 0 Å². The maximum atomic E-state index is 13.2. The highest BCUT2D eigenvalue weighted by Crippen LogP contribution is 2.26. The largest absolute Gasteiger partial charge is 0.368 e. The molecule has 0 aliphatic carbocycles. The molecule has 2 fully saturated rings. The van der Waals surface area contributed by atoms with E-state index in [-0.39, 0.29) is 5.91 Å². The van der Waals surface area contributed by atoms with Gasteiger partial charge in [-0.15, -0.1) is 0 Å². The Bertz CT molecular complexity index is 1520. The molecule has 1 aromatic heterocycles. The minimum absolute atomic E-state index is 0.0929. The molecule has 4 aromatic rings. The second-order valence-electron chi connectivity index (χ2n) is 11.1. The first kappa shape index (κ1) is 29.5. The number of aromatic nitrogens is 2. The number of para-hydroxylation sites is 1. The van der Waals surface area contributed by atoms with E-state index >= 15 is 0 Å². The maximum Gasteiger partial charge on any atom is 0.253 e. The van der Waals surface area contributed by atoms with Crippen LogP contribution in [0.15, 0.2) is 90.1 Å². The van der Waals surface area contributed by atoms with Gasteiger partial charge in [0.05, 0.1) is 0 Å². The van der Waals surface area contributed by atoms with Crippen LogP contribution in [0.25, 0.3) is 0 Å². The monoisotopic (exact) mass is 612 g/mol. The number of rotatable bonds is 8. The summed E-state index contributed by atoms with van der Waals surface area (Å²) < 4.78 is 0. The second-order valence-corrected chi connectivity index (χ2v) is 12.5. The number of halogens is 1. The van der Waals surface area contributed by atoms with E-state index in [0.29, 0.717) is 16.1 Å². The van der Waals surface area contributed by atoms with Crippen molar-refractivity contribution in [1.82, 2.24) is 19.8 Å². The number of benzene rings is 3. The van der Waals surface area contributed by atoms with Gasteiger partial charge in [0, 0.05) is 82.0 Å². The zero-order valence-corrected chi connectivity index (χ0v) is 26.1. The zero-order chi connectivity index (χ0) is 29.6. The molecule has 2 aliphatic rings. The molecular formula is C34H37ClN6OS. The number of carbonyl (C=O) groups excluding carboxylic acids is 1. The Balaban J connectivity index is 0.997. The van der Waals surface area contributed by atoms with Crippen molar-refractivity contribution in [3.63, 3.8) is 0 Å². The van der Waals surface area contributed by atoms with Gasteiger partial charge < -0.3 is 14.7 Å². The summed E-state index contributed by atoms with van der Waals surface area (Å²) in [5, 5.41) is 1.13. The van der Waals surface area contributed by atoms with Crippen molar-refractivity contribution in [2.45, 2.75) is 24.4 Å². The number of hydrogen-bond donors (Lipinski definition) is 0. The fourth-order valence-corrected chi connectivity index (χ4v) is 6.77. The number of aryl methyl sites for hydroxylation is 1. The van der Waals surface area contributed by atoms with Gasteiger partial charge in [-0.2, -0.15) is 0 Å². The number of nitrogens with zero attached hydrogens (tertiary/aromatic N) is 6. The van der Waals surface area contributed by atoms with Crippen LogP contribution in [0.1, 0.15) is 27.0 Å². The Morgan fingerprint density at radius 2 is 1.44 bits per heavy atom. The Morgan fingerprint density at radius 3 is 2.16 bits per heavy atom. The zero-order valence-electron chi connectivity index (χ0n) is 24.5. The summed E-state index contributed by atoms with van der Waals surface area (Å²) in [6, 6.07) is 28.8. The molecule has 0 N–H and O–H groups in total. The van der Waals surface area contributed by atoms with Gasteiger partial charge >= 0.3 is 0 Å². The molecule has 6 rings (SSSR count). The lowest BCUT2D eigenvalue weighted by Crippen LogP contribution is -2.49. The average molecular weight is 613 g/mol. The molecule has 2 aliphatic heterocycles. The molecule has 0 unspecified atom stereocenters. The molecule has 7 nitrogen and oxygen atoms in total. The van der Waals surface area contributed by atoms with Gasteiger partial charge in [0.15, 0.2) is 5.16 Å². The molecule has 43 heavy (non-hydrogen) atoms. The molecule has 1 amide bonds. The van der Waals surface area contributed by atoms with Gasteiger partial charge in [-0.05, 0) is 41.8 Å². The lowest BCUT2D eigenvalue weighted by molar-refractivity contribution is 0.0747. The first-order chi connectivity index (χ1) is 21.0. The molecule has 9 heteroatoms. The predicted molar refractivity (Wildman–Crippen MR) is 176 cm³/mol. The molecule has 3 aromatic carbocycles. The summed E-state index contributed by atoms with van der Waals surface area (Å²) in [6.07, 6.45) is 0. The maximum absolute atomic E-state index is 13.2. The summed E-state index contributed by atoms with van der Waals surface area (Å²) in [4.78, 5) is 31.6. The Kier molecular flexibility index (Phi) is 9.46. The van der Waals surface area contributed by atoms with Crippen molar-refractivity contribution in [3.05, 3.63) is 112 Å². The van der Waals surface area contributed by atoms with E-state index in [0.717, 1.165) is 75.8 Å². The first-order valence-corrected chi connectivity index (χ1v) is 16.3. The summed E-state index contributed by atoms with van der Waals surface area (Å²) in [7, 11) is 0. The molecule has 0 saturated carbocycles. The van der Waals surface area contributed by atoms with Gasteiger partial charge in [0.25, 0.3) is 5.91 Å². The third kappa shape index (κ3) is 7.50. The quantitative estimate of drug-likeness (QED) is 0.137. The van der Waals surface area contributed by atoms with Gasteiger partial charge in [-0.1, -0.05) is 84.0 Å². The molecule has 0 atom stereocenters. The van der Waals surface area contributed by atoms with E-state index in [1.165, 1.54) is 16.8 Å². The lowest BCUT2D eigenvalue weighted by Gasteiger charge is -2.36. The summed E-state index contributed by atoms with van der Waals surface area (Å²) in [5.74, 6) is 1.68. The van der Waals surface area contributed by atoms with Crippen LogP contribution in [0.2, 0.25) is 5.15 Å². The fraction of sp³-hybridized carbons (Fsp3) is 0.324. The van der Waals surface area contributed by atoms with E-state index in [9.17, 15) is 4.79 Å². The van der Waals surface area contributed by atoms with Gasteiger partial charge in [0.2, 0.25) is 0 Å². The van der Waals surface area contributed by atoms with E-state index in [1.807, 2.05) is 35.2 Å². The lowest BCUT2D eigenvalue weighted by atomic mass is 10.1. The molecular weight excluding hydrogens is 576 g/mol. The van der Waals surface area contributed by atoms with E-state index < -0.39 is 0 Å². The minimum Gasteiger partial charge on any atom is -0.368 e. The third-order valence-electron chi connectivity index (χ3n) is 8.20. The summed E-state index contributed by atoms with van der Waals surface area (Å²) in [6.45, 7) is 10.0. The topological polar surface area (TPSA) is 55.8 Å². The molecule has 0 radical (unpaired) electrons. The number of anilines is 2.